The van der Waals surface area contributed by atoms with Gasteiger partial charge in [-0.3, -0.25) is 14.6 Å². The minimum absolute atomic E-state index is 0.0974. The Morgan fingerprint density at radius 3 is 2.72 bits per heavy atom. The van der Waals surface area contributed by atoms with Crippen LogP contribution in [0.1, 0.15) is 11.3 Å². The van der Waals surface area contributed by atoms with E-state index in [0.29, 0.717) is 22.8 Å². The summed E-state index contributed by atoms with van der Waals surface area (Å²) in [7, 11) is 0. The fourth-order valence-electron chi connectivity index (χ4n) is 3.05. The molecule has 0 saturated carbocycles. The van der Waals surface area contributed by atoms with Gasteiger partial charge in [-0.2, -0.15) is 8.78 Å². The molecule has 0 aliphatic carbocycles. The molecule has 0 radical (unpaired) electrons. The van der Waals surface area contributed by atoms with Crippen molar-refractivity contribution in [2.45, 2.75) is 18.9 Å². The number of rotatable bonds is 10. The number of pyridine rings is 1. The Morgan fingerprint density at radius 1 is 1.16 bits per heavy atom. The van der Waals surface area contributed by atoms with Crippen LogP contribution in [0.4, 0.5) is 14.6 Å². The van der Waals surface area contributed by atoms with E-state index in [2.05, 4.69) is 15.6 Å². The molecule has 0 atom stereocenters. The lowest BCUT2D eigenvalue weighted by Crippen LogP contribution is -2.43. The summed E-state index contributed by atoms with van der Waals surface area (Å²) in [5.74, 6) is -3.70. The Labute approximate surface area is 193 Å². The zero-order valence-electron chi connectivity index (χ0n) is 16.9. The average molecular weight is 485 g/mol. The van der Waals surface area contributed by atoms with Crippen molar-refractivity contribution < 1.29 is 18.7 Å². The highest BCUT2D eigenvalue weighted by atomic mass is 35.5. The third-order valence-corrected chi connectivity index (χ3v) is 5.23. The molecule has 0 saturated heterocycles. The first-order valence-corrected chi connectivity index (χ1v) is 10.6. The smallest absolute Gasteiger partial charge is 0.351 e. The lowest BCUT2D eigenvalue weighted by Gasteiger charge is -2.15. The van der Waals surface area contributed by atoms with Gasteiger partial charge in [0, 0.05) is 35.0 Å². The van der Waals surface area contributed by atoms with Crippen molar-refractivity contribution in [2.24, 2.45) is 0 Å². The predicted molar refractivity (Wildman–Crippen MR) is 118 cm³/mol. The first kappa shape index (κ1) is 23.9. The number of nitrogens with one attached hydrogen (secondary N) is 2. The Kier molecular flexibility index (Phi) is 8.00. The van der Waals surface area contributed by atoms with Crippen LogP contribution < -0.4 is 20.9 Å². The molecule has 170 valence electrons. The zero-order valence-corrected chi connectivity index (χ0v) is 18.5. The summed E-state index contributed by atoms with van der Waals surface area (Å²) in [5, 5.41) is 15.9. The van der Waals surface area contributed by atoms with E-state index < -0.39 is 23.7 Å². The zero-order chi connectivity index (χ0) is 23.1. The maximum atomic E-state index is 14.4. The van der Waals surface area contributed by atoms with E-state index in [-0.39, 0.29) is 17.5 Å². The molecule has 3 aromatic rings. The van der Waals surface area contributed by atoms with Gasteiger partial charge in [0.25, 0.3) is 5.56 Å². The Bertz CT molecular complexity index is 1130. The van der Waals surface area contributed by atoms with Crippen molar-refractivity contribution in [3.8, 4) is 0 Å². The lowest BCUT2D eigenvalue weighted by molar-refractivity contribution is -0.913. The van der Waals surface area contributed by atoms with E-state index in [1.54, 1.807) is 6.07 Å². The number of hydrogen-bond donors (Lipinski definition) is 3. The van der Waals surface area contributed by atoms with Gasteiger partial charge in [0.1, 0.15) is 5.15 Å². The number of anilines is 1. The van der Waals surface area contributed by atoms with E-state index in [0.717, 1.165) is 24.2 Å². The quantitative estimate of drug-likeness (QED) is 0.234. The van der Waals surface area contributed by atoms with Crippen LogP contribution in [-0.4, -0.2) is 34.4 Å². The largest absolute Gasteiger partial charge is 0.359 e. The molecule has 1 aromatic carbocycles. The van der Waals surface area contributed by atoms with E-state index in [9.17, 15) is 18.8 Å². The van der Waals surface area contributed by atoms with Gasteiger partial charge in [-0.05, 0) is 36.7 Å². The molecule has 32 heavy (non-hydrogen) atoms. The summed E-state index contributed by atoms with van der Waals surface area (Å²) < 4.78 is 30.5. The Hall–Kier alpha value is -2.75. The summed E-state index contributed by atoms with van der Waals surface area (Å²) in [4.78, 5) is 16.5. The van der Waals surface area contributed by atoms with Crippen LogP contribution in [-0.2, 0) is 18.9 Å². The molecule has 2 heterocycles. The topological polar surface area (TPSA) is 83.1 Å². The normalized spacial score (nSPS) is 11.5. The van der Waals surface area contributed by atoms with Gasteiger partial charge in [-0.15, -0.1) is 0 Å². The minimum atomic E-state index is -3.45. The molecule has 0 fully saturated rings. The van der Waals surface area contributed by atoms with Gasteiger partial charge in [0.05, 0.1) is 12.7 Å². The fraction of sp³-hybridized carbons (Fsp3) is 0.286. The SMILES string of the molecule is O=c1c(NCC(F)(F)c2cccc[n+]2O)ncc(Cl)n1CCNCCc1cccc(Cl)c1. The van der Waals surface area contributed by atoms with Gasteiger partial charge in [-0.25, -0.2) is 4.98 Å². The van der Waals surface area contributed by atoms with Crippen LogP contribution in [0.15, 0.2) is 59.7 Å². The summed E-state index contributed by atoms with van der Waals surface area (Å²) >= 11 is 12.0. The highest BCUT2D eigenvalue weighted by Gasteiger charge is 2.41. The van der Waals surface area contributed by atoms with E-state index in [1.807, 2.05) is 18.2 Å². The van der Waals surface area contributed by atoms with Crippen molar-refractivity contribution in [1.82, 2.24) is 14.9 Å². The molecule has 2 aromatic heterocycles. The standard InChI is InChI=1S/C21H22Cl2F2N5O2/c22-16-5-3-4-15(12-16)7-8-26-9-11-29-18(23)13-27-19(20(29)31)28-14-21(24,25)17-6-1-2-10-30(17)32/h1-6,10,12-13,26,32H,7-9,11,14H2,(H,27,28)/q+1. The van der Waals surface area contributed by atoms with Crippen LogP contribution in [0.25, 0.3) is 0 Å². The van der Waals surface area contributed by atoms with Crippen LogP contribution in [0, 0.1) is 0 Å². The van der Waals surface area contributed by atoms with E-state index >= 15 is 0 Å². The number of halogens is 4. The number of alkyl halides is 2. The second-order valence-corrected chi connectivity index (χ2v) is 7.83. The molecule has 0 aliphatic heterocycles. The molecule has 3 N–H and O–H groups in total. The van der Waals surface area contributed by atoms with Crippen molar-refractivity contribution in [1.29, 1.82) is 0 Å². The maximum Gasteiger partial charge on any atom is 0.351 e. The van der Waals surface area contributed by atoms with E-state index in [1.165, 1.54) is 22.9 Å². The molecule has 0 amide bonds. The van der Waals surface area contributed by atoms with Crippen molar-refractivity contribution in [2.75, 3.05) is 25.0 Å². The summed E-state index contributed by atoms with van der Waals surface area (Å²) in [6.45, 7) is 0.400. The van der Waals surface area contributed by atoms with Crippen LogP contribution in [0.3, 0.4) is 0 Å². The van der Waals surface area contributed by atoms with Crippen LogP contribution in [0.5, 0.6) is 0 Å². The molecule has 0 spiro atoms. The Morgan fingerprint density at radius 2 is 1.97 bits per heavy atom. The number of benzene rings is 1. The summed E-state index contributed by atoms with van der Waals surface area (Å²) in [5.41, 5.74) is -0.153. The van der Waals surface area contributed by atoms with Crippen molar-refractivity contribution >= 4 is 29.0 Å². The third-order valence-electron chi connectivity index (χ3n) is 4.69. The van der Waals surface area contributed by atoms with Gasteiger partial charge >= 0.3 is 11.6 Å². The summed E-state index contributed by atoms with van der Waals surface area (Å²) in [6, 6.07) is 11.4. The summed E-state index contributed by atoms with van der Waals surface area (Å²) in [6.07, 6.45) is 3.08. The second-order valence-electron chi connectivity index (χ2n) is 7.00. The molecule has 0 unspecified atom stereocenters. The highest BCUT2D eigenvalue weighted by Crippen LogP contribution is 2.24. The number of nitrogens with zero attached hydrogens (tertiary/aromatic N) is 3. The third kappa shape index (κ3) is 6.15. The van der Waals surface area contributed by atoms with Crippen LogP contribution in [0.2, 0.25) is 10.2 Å². The van der Waals surface area contributed by atoms with Gasteiger partial charge in [0.2, 0.25) is 6.20 Å². The monoisotopic (exact) mass is 484 g/mol. The first-order chi connectivity index (χ1) is 15.3. The predicted octanol–water partition coefficient (Wildman–Crippen LogP) is 3.11. The number of aromatic nitrogens is 3. The van der Waals surface area contributed by atoms with Gasteiger partial charge in [0.15, 0.2) is 5.82 Å². The second kappa shape index (κ2) is 10.7. The van der Waals surface area contributed by atoms with Crippen molar-refractivity contribution in [3.05, 3.63) is 86.6 Å². The average Bonchev–Trinajstić information content (AvgIpc) is 2.75. The first-order valence-electron chi connectivity index (χ1n) is 9.80. The van der Waals surface area contributed by atoms with E-state index in [4.69, 9.17) is 23.2 Å². The molecule has 7 nitrogen and oxygen atoms in total. The van der Waals surface area contributed by atoms with Gasteiger partial charge in [-0.1, -0.05) is 35.3 Å². The highest BCUT2D eigenvalue weighted by molar-refractivity contribution is 6.30. The molecule has 11 heteroatoms. The molecule has 0 aliphatic rings. The molecule has 0 bridgehead atoms. The molecular formula is C21H22Cl2F2N5O2+. The minimum Gasteiger partial charge on any atom is -0.359 e. The van der Waals surface area contributed by atoms with Crippen LogP contribution >= 0.6 is 23.2 Å². The van der Waals surface area contributed by atoms with Crippen molar-refractivity contribution in [3.63, 3.8) is 0 Å². The van der Waals surface area contributed by atoms with Gasteiger partial charge < -0.3 is 10.6 Å². The maximum absolute atomic E-state index is 14.4. The fourth-order valence-corrected chi connectivity index (χ4v) is 3.47. The number of hydrogen-bond acceptors (Lipinski definition) is 5. The lowest BCUT2D eigenvalue weighted by atomic mass is 10.1. The molecule has 3 rings (SSSR count). The molecular weight excluding hydrogens is 463 g/mol. The Balaban J connectivity index is 1.58.